The molecule has 0 N–H and O–H groups in total. The van der Waals surface area contributed by atoms with Crippen molar-refractivity contribution in [2.24, 2.45) is 0 Å². The maximum absolute atomic E-state index is 7.17. The van der Waals surface area contributed by atoms with Crippen LogP contribution in [0.1, 0.15) is 156 Å². The Morgan fingerprint density at radius 1 is 0.548 bits per heavy atom. The summed E-state index contributed by atoms with van der Waals surface area (Å²) < 4.78 is 7.17. The molecule has 31 heavy (non-hydrogen) atoms. The molecule has 2 rings (SSSR count). The van der Waals surface area contributed by atoms with Gasteiger partial charge < -0.3 is 4.74 Å². The second-order valence-corrected chi connectivity index (χ2v) is 10.5. The number of rotatable bonds is 16. The highest BCUT2D eigenvalue weighted by atomic mass is 16.5. The Hall–Kier alpha value is -0.560. The lowest BCUT2D eigenvalue weighted by Gasteiger charge is -2.33. The van der Waals surface area contributed by atoms with Crippen LogP contribution in [-0.2, 0) is 4.74 Å². The smallest absolute Gasteiger partial charge is 0.0795 e. The lowest BCUT2D eigenvalue weighted by Crippen LogP contribution is -2.28. The van der Waals surface area contributed by atoms with Crippen molar-refractivity contribution >= 4 is 0 Å². The standard InChI is InChI=1S/C30H54O/c1-5-7-9-11-13-23-29(27-21-17-15-19-25(27)3)31-30(24-14-12-10-8-6-2)28-22-18-16-20-26(28)4/h29-30H,5-24H2,1-4H3. The summed E-state index contributed by atoms with van der Waals surface area (Å²) in [6.07, 6.45) is 27.6. The van der Waals surface area contributed by atoms with E-state index >= 15 is 0 Å². The van der Waals surface area contributed by atoms with Crippen molar-refractivity contribution in [1.82, 2.24) is 0 Å². The normalized spacial score (nSPS) is 19.7. The molecule has 0 aromatic rings. The van der Waals surface area contributed by atoms with E-state index in [1.807, 2.05) is 0 Å². The average Bonchev–Trinajstić information content (AvgIpc) is 2.78. The third kappa shape index (κ3) is 9.85. The Bertz CT molecular complexity index is 493. The Kier molecular flexibility index (Phi) is 13.9. The topological polar surface area (TPSA) is 9.23 Å². The van der Waals surface area contributed by atoms with Crippen molar-refractivity contribution in [2.75, 3.05) is 0 Å². The second kappa shape index (κ2) is 16.1. The van der Waals surface area contributed by atoms with Crippen LogP contribution in [0.4, 0.5) is 0 Å². The van der Waals surface area contributed by atoms with E-state index in [0.29, 0.717) is 12.2 Å². The Labute approximate surface area is 195 Å². The fraction of sp³-hybridized carbons (Fsp3) is 0.867. The molecular weight excluding hydrogens is 376 g/mol. The first kappa shape index (κ1) is 26.7. The SMILES string of the molecule is CCCCCCCC(OC(CCCCCCC)C1=C(C)CCCC1)C1=C(C)CCCC1. The summed E-state index contributed by atoms with van der Waals surface area (Å²) >= 11 is 0. The molecule has 0 spiro atoms. The van der Waals surface area contributed by atoms with E-state index in [-0.39, 0.29) is 0 Å². The van der Waals surface area contributed by atoms with Crippen LogP contribution in [0, 0.1) is 0 Å². The number of allylic oxidation sites excluding steroid dienone is 2. The van der Waals surface area contributed by atoms with Gasteiger partial charge in [-0.3, -0.25) is 0 Å². The molecule has 0 saturated heterocycles. The first-order chi connectivity index (χ1) is 15.2. The van der Waals surface area contributed by atoms with Crippen LogP contribution in [0.25, 0.3) is 0 Å². The molecule has 0 saturated carbocycles. The first-order valence-corrected chi connectivity index (χ1v) is 14.2. The Morgan fingerprint density at radius 2 is 0.935 bits per heavy atom. The molecular formula is C30H54O. The monoisotopic (exact) mass is 430 g/mol. The summed E-state index contributed by atoms with van der Waals surface area (Å²) in [4.78, 5) is 0. The fourth-order valence-electron chi connectivity index (χ4n) is 5.74. The lowest BCUT2D eigenvalue weighted by atomic mass is 9.85. The Balaban J connectivity index is 2.09. The third-order valence-corrected chi connectivity index (χ3v) is 7.84. The minimum atomic E-state index is 0.379. The van der Waals surface area contributed by atoms with Crippen LogP contribution in [0.3, 0.4) is 0 Å². The van der Waals surface area contributed by atoms with Gasteiger partial charge in [0.15, 0.2) is 0 Å². The molecule has 2 atom stereocenters. The van der Waals surface area contributed by atoms with Gasteiger partial charge in [0.2, 0.25) is 0 Å². The molecule has 0 heterocycles. The van der Waals surface area contributed by atoms with Gasteiger partial charge in [0.1, 0.15) is 0 Å². The zero-order valence-corrected chi connectivity index (χ0v) is 21.7. The van der Waals surface area contributed by atoms with E-state index in [9.17, 15) is 0 Å². The lowest BCUT2D eigenvalue weighted by molar-refractivity contribution is 0.0107. The molecule has 0 aromatic heterocycles. The maximum Gasteiger partial charge on any atom is 0.0795 e. The molecule has 0 fully saturated rings. The summed E-state index contributed by atoms with van der Waals surface area (Å²) in [6, 6.07) is 0. The van der Waals surface area contributed by atoms with E-state index in [1.54, 1.807) is 22.3 Å². The number of unbranched alkanes of at least 4 members (excludes halogenated alkanes) is 8. The summed E-state index contributed by atoms with van der Waals surface area (Å²) in [5.74, 6) is 0. The van der Waals surface area contributed by atoms with Crippen molar-refractivity contribution in [3.8, 4) is 0 Å². The van der Waals surface area contributed by atoms with Crippen LogP contribution in [0.5, 0.6) is 0 Å². The van der Waals surface area contributed by atoms with Gasteiger partial charge in [0.25, 0.3) is 0 Å². The molecule has 0 amide bonds. The molecule has 2 aliphatic carbocycles. The summed E-state index contributed by atoms with van der Waals surface area (Å²) in [5.41, 5.74) is 6.68. The van der Waals surface area contributed by atoms with Gasteiger partial charge in [-0.15, -0.1) is 0 Å². The first-order valence-electron chi connectivity index (χ1n) is 14.2. The van der Waals surface area contributed by atoms with E-state index in [2.05, 4.69) is 27.7 Å². The zero-order chi connectivity index (χ0) is 22.3. The van der Waals surface area contributed by atoms with Gasteiger partial charge in [-0.2, -0.15) is 0 Å². The summed E-state index contributed by atoms with van der Waals surface area (Å²) in [6.45, 7) is 9.42. The summed E-state index contributed by atoms with van der Waals surface area (Å²) in [7, 11) is 0. The van der Waals surface area contributed by atoms with Crippen LogP contribution >= 0.6 is 0 Å². The van der Waals surface area contributed by atoms with Crippen LogP contribution < -0.4 is 0 Å². The number of hydrogen-bond acceptors (Lipinski definition) is 1. The van der Waals surface area contributed by atoms with Crippen LogP contribution in [0.15, 0.2) is 22.3 Å². The zero-order valence-electron chi connectivity index (χ0n) is 21.7. The van der Waals surface area contributed by atoms with Crippen molar-refractivity contribution in [3.63, 3.8) is 0 Å². The predicted molar refractivity (Wildman–Crippen MR) is 138 cm³/mol. The van der Waals surface area contributed by atoms with Gasteiger partial charge in [-0.25, -0.2) is 0 Å². The molecule has 1 heteroatoms. The van der Waals surface area contributed by atoms with Crippen molar-refractivity contribution < 1.29 is 4.74 Å². The fourth-order valence-corrected chi connectivity index (χ4v) is 5.74. The van der Waals surface area contributed by atoms with Crippen molar-refractivity contribution in [3.05, 3.63) is 22.3 Å². The average molecular weight is 431 g/mol. The number of ether oxygens (including phenoxy) is 1. The molecule has 0 radical (unpaired) electrons. The molecule has 1 nitrogen and oxygen atoms in total. The Morgan fingerprint density at radius 3 is 1.32 bits per heavy atom. The third-order valence-electron chi connectivity index (χ3n) is 7.84. The number of hydrogen-bond donors (Lipinski definition) is 0. The highest BCUT2D eigenvalue weighted by molar-refractivity contribution is 5.22. The van der Waals surface area contributed by atoms with Gasteiger partial charge in [0.05, 0.1) is 12.2 Å². The quantitative estimate of drug-likeness (QED) is 0.175. The van der Waals surface area contributed by atoms with E-state index in [0.717, 1.165) is 0 Å². The molecule has 2 aliphatic rings. The van der Waals surface area contributed by atoms with Gasteiger partial charge in [-0.05, 0) is 89.2 Å². The second-order valence-electron chi connectivity index (χ2n) is 10.5. The van der Waals surface area contributed by atoms with Crippen molar-refractivity contribution in [2.45, 2.75) is 168 Å². The minimum absolute atomic E-state index is 0.379. The van der Waals surface area contributed by atoms with Crippen LogP contribution in [-0.4, -0.2) is 12.2 Å². The molecule has 0 bridgehead atoms. The van der Waals surface area contributed by atoms with Crippen molar-refractivity contribution in [1.29, 1.82) is 0 Å². The molecule has 0 aromatic carbocycles. The molecule has 180 valence electrons. The van der Waals surface area contributed by atoms with Gasteiger partial charge in [-0.1, -0.05) is 89.2 Å². The predicted octanol–water partition coefficient (Wildman–Crippen LogP) is 10.2. The maximum atomic E-state index is 7.17. The molecule has 2 unspecified atom stereocenters. The van der Waals surface area contributed by atoms with E-state index in [1.165, 1.54) is 128 Å². The minimum Gasteiger partial charge on any atom is -0.366 e. The van der Waals surface area contributed by atoms with Gasteiger partial charge >= 0.3 is 0 Å². The van der Waals surface area contributed by atoms with Crippen LogP contribution in [0.2, 0.25) is 0 Å². The van der Waals surface area contributed by atoms with E-state index < -0.39 is 0 Å². The highest BCUT2D eigenvalue weighted by Gasteiger charge is 2.27. The largest absolute Gasteiger partial charge is 0.366 e. The molecule has 0 aliphatic heterocycles. The van der Waals surface area contributed by atoms with Gasteiger partial charge in [0, 0.05) is 0 Å². The van der Waals surface area contributed by atoms with E-state index in [4.69, 9.17) is 4.74 Å². The summed E-state index contributed by atoms with van der Waals surface area (Å²) in [5, 5.41) is 0. The highest BCUT2D eigenvalue weighted by Crippen LogP contribution is 2.36.